The molecule has 0 aliphatic heterocycles. The second-order valence-electron chi connectivity index (χ2n) is 5.52. The lowest BCUT2D eigenvalue weighted by atomic mass is 10.2. The summed E-state index contributed by atoms with van der Waals surface area (Å²) in [6.45, 7) is 6.20. The summed E-state index contributed by atoms with van der Waals surface area (Å²) in [6, 6.07) is 10.4. The van der Waals surface area contributed by atoms with Gasteiger partial charge < -0.3 is 5.32 Å². The zero-order chi connectivity index (χ0) is 15.5. The highest BCUT2D eigenvalue weighted by Gasteiger charge is 2.08. The summed E-state index contributed by atoms with van der Waals surface area (Å²) in [7, 11) is 0. The molecule has 2 aromatic heterocycles. The minimum Gasteiger partial charge on any atom is -0.352 e. The largest absolute Gasteiger partial charge is 0.352 e. The molecule has 1 aromatic carbocycles. The second kappa shape index (κ2) is 5.97. The van der Waals surface area contributed by atoms with Crippen LogP contribution in [0.5, 0.6) is 0 Å². The number of nitrogens with one attached hydrogen (secondary N) is 1. The molecule has 5 nitrogen and oxygen atoms in total. The third-order valence-electron chi connectivity index (χ3n) is 3.31. The van der Waals surface area contributed by atoms with Crippen LogP contribution < -0.4 is 5.32 Å². The number of benzene rings is 1. The zero-order valence-corrected chi connectivity index (χ0v) is 13.0. The van der Waals surface area contributed by atoms with Gasteiger partial charge in [0.25, 0.3) is 0 Å². The molecule has 0 aliphatic rings. The minimum atomic E-state index is 0.296. The molecular weight excluding hydrogens is 274 g/mol. The molecule has 3 aromatic rings. The first-order valence-corrected chi connectivity index (χ1v) is 7.34. The maximum Gasteiger partial charge on any atom is 0.223 e. The van der Waals surface area contributed by atoms with E-state index < -0.39 is 0 Å². The highest BCUT2D eigenvalue weighted by molar-refractivity contribution is 5.59. The van der Waals surface area contributed by atoms with E-state index in [0.717, 1.165) is 16.9 Å². The van der Waals surface area contributed by atoms with E-state index in [1.54, 1.807) is 6.20 Å². The molecule has 0 atom stereocenters. The third-order valence-corrected chi connectivity index (χ3v) is 3.31. The van der Waals surface area contributed by atoms with E-state index in [1.807, 2.05) is 35.3 Å². The number of hydrogen-bond donors (Lipinski definition) is 1. The van der Waals surface area contributed by atoms with Crippen LogP contribution in [0.3, 0.4) is 0 Å². The normalized spacial score (nSPS) is 10.9. The van der Waals surface area contributed by atoms with E-state index in [0.29, 0.717) is 12.0 Å². The van der Waals surface area contributed by atoms with Crippen molar-refractivity contribution in [2.45, 2.75) is 26.8 Å². The van der Waals surface area contributed by atoms with Gasteiger partial charge in [-0.25, -0.2) is 14.6 Å². The third kappa shape index (κ3) is 2.98. The Labute approximate surface area is 130 Å². The van der Waals surface area contributed by atoms with Crippen molar-refractivity contribution >= 4 is 5.95 Å². The van der Waals surface area contributed by atoms with Crippen LogP contribution in [0, 0.1) is 6.92 Å². The van der Waals surface area contributed by atoms with Gasteiger partial charge in [-0.3, -0.25) is 0 Å². The molecule has 0 unspecified atom stereocenters. The Morgan fingerprint density at radius 2 is 1.95 bits per heavy atom. The molecule has 0 bridgehead atoms. The predicted octanol–water partition coefficient (Wildman–Crippen LogP) is 3.46. The Morgan fingerprint density at radius 3 is 2.73 bits per heavy atom. The number of aryl methyl sites for hydroxylation is 1. The van der Waals surface area contributed by atoms with Crippen LogP contribution in [-0.2, 0) is 0 Å². The summed E-state index contributed by atoms with van der Waals surface area (Å²) >= 11 is 0. The van der Waals surface area contributed by atoms with Crippen molar-refractivity contribution in [1.29, 1.82) is 0 Å². The summed E-state index contributed by atoms with van der Waals surface area (Å²) in [5.74, 6) is 0.635. The minimum absolute atomic E-state index is 0.296. The monoisotopic (exact) mass is 293 g/mol. The van der Waals surface area contributed by atoms with Crippen molar-refractivity contribution in [3.63, 3.8) is 0 Å². The van der Waals surface area contributed by atoms with Crippen LogP contribution >= 0.6 is 0 Å². The van der Waals surface area contributed by atoms with Gasteiger partial charge in [0.05, 0.1) is 17.6 Å². The van der Waals surface area contributed by atoms with Gasteiger partial charge in [0, 0.05) is 24.0 Å². The van der Waals surface area contributed by atoms with Gasteiger partial charge in [0.15, 0.2) is 0 Å². The van der Waals surface area contributed by atoms with Crippen LogP contribution in [0.4, 0.5) is 5.95 Å². The van der Waals surface area contributed by atoms with Gasteiger partial charge in [0.2, 0.25) is 5.95 Å². The smallest absolute Gasteiger partial charge is 0.223 e. The van der Waals surface area contributed by atoms with Crippen LogP contribution in [0.25, 0.3) is 16.9 Å². The molecule has 2 heterocycles. The van der Waals surface area contributed by atoms with Gasteiger partial charge in [-0.05, 0) is 38.5 Å². The van der Waals surface area contributed by atoms with Crippen molar-refractivity contribution in [2.24, 2.45) is 0 Å². The Kier molecular flexibility index (Phi) is 3.87. The lowest BCUT2D eigenvalue weighted by Crippen LogP contribution is -2.12. The Morgan fingerprint density at radius 1 is 1.14 bits per heavy atom. The fourth-order valence-corrected chi connectivity index (χ4v) is 2.25. The van der Waals surface area contributed by atoms with E-state index in [2.05, 4.69) is 53.3 Å². The molecule has 112 valence electrons. The molecule has 0 aliphatic carbocycles. The Bertz CT molecular complexity index is 776. The van der Waals surface area contributed by atoms with Crippen molar-refractivity contribution in [1.82, 2.24) is 19.7 Å². The lowest BCUT2D eigenvalue weighted by molar-refractivity contribution is 0.872. The van der Waals surface area contributed by atoms with Crippen LogP contribution in [0.15, 0.2) is 48.9 Å². The van der Waals surface area contributed by atoms with E-state index >= 15 is 0 Å². The number of nitrogens with zero attached hydrogens (tertiary/aromatic N) is 4. The first-order chi connectivity index (χ1) is 10.6. The molecule has 0 amide bonds. The fraction of sp³-hybridized carbons (Fsp3) is 0.235. The lowest BCUT2D eigenvalue weighted by Gasteiger charge is -2.08. The van der Waals surface area contributed by atoms with E-state index in [9.17, 15) is 0 Å². The summed E-state index contributed by atoms with van der Waals surface area (Å²) in [5.41, 5.74) is 4.08. The van der Waals surface area contributed by atoms with Gasteiger partial charge in [-0.2, -0.15) is 5.10 Å². The summed E-state index contributed by atoms with van der Waals surface area (Å²) in [6.07, 6.45) is 5.58. The highest BCUT2D eigenvalue weighted by Crippen LogP contribution is 2.20. The first kappa shape index (κ1) is 14.3. The van der Waals surface area contributed by atoms with Crippen molar-refractivity contribution in [3.8, 4) is 16.9 Å². The summed E-state index contributed by atoms with van der Waals surface area (Å²) in [5, 5.41) is 7.66. The first-order valence-electron chi connectivity index (χ1n) is 7.34. The molecule has 0 saturated heterocycles. The van der Waals surface area contributed by atoms with E-state index in [-0.39, 0.29) is 0 Å². The molecule has 22 heavy (non-hydrogen) atoms. The summed E-state index contributed by atoms with van der Waals surface area (Å²) in [4.78, 5) is 8.77. The van der Waals surface area contributed by atoms with Gasteiger partial charge >= 0.3 is 0 Å². The zero-order valence-electron chi connectivity index (χ0n) is 13.0. The van der Waals surface area contributed by atoms with Crippen LogP contribution in [0.1, 0.15) is 19.4 Å². The van der Waals surface area contributed by atoms with Crippen molar-refractivity contribution in [2.75, 3.05) is 5.32 Å². The standard InChI is InChI=1S/C17H19N5/c1-12(2)20-17-18-9-8-15(21-17)14-10-19-22(11-14)16-7-5-4-6-13(16)3/h4-12H,1-3H3,(H,18,20,21). The average Bonchev–Trinajstić information content (AvgIpc) is 2.97. The maximum atomic E-state index is 4.54. The number of rotatable bonds is 4. The SMILES string of the molecule is Cc1ccccc1-n1cc(-c2ccnc(NC(C)C)n2)cn1. The topological polar surface area (TPSA) is 55.6 Å². The predicted molar refractivity (Wildman–Crippen MR) is 88.1 cm³/mol. The molecule has 0 saturated carbocycles. The van der Waals surface area contributed by atoms with E-state index in [4.69, 9.17) is 0 Å². The molecular formula is C17H19N5. The van der Waals surface area contributed by atoms with E-state index in [1.165, 1.54) is 5.56 Å². The molecule has 1 N–H and O–H groups in total. The molecule has 5 heteroatoms. The molecule has 0 radical (unpaired) electrons. The molecule has 3 rings (SSSR count). The quantitative estimate of drug-likeness (QED) is 0.800. The fourth-order valence-electron chi connectivity index (χ4n) is 2.25. The van der Waals surface area contributed by atoms with Crippen molar-refractivity contribution < 1.29 is 0 Å². The second-order valence-corrected chi connectivity index (χ2v) is 5.52. The number of hydrogen-bond acceptors (Lipinski definition) is 4. The highest BCUT2D eigenvalue weighted by atomic mass is 15.3. The van der Waals surface area contributed by atoms with Crippen LogP contribution in [0.2, 0.25) is 0 Å². The van der Waals surface area contributed by atoms with Gasteiger partial charge in [0.1, 0.15) is 0 Å². The number of aromatic nitrogens is 4. The average molecular weight is 293 g/mol. The Hall–Kier alpha value is -2.69. The van der Waals surface area contributed by atoms with Crippen molar-refractivity contribution in [3.05, 3.63) is 54.5 Å². The van der Waals surface area contributed by atoms with Crippen LogP contribution in [-0.4, -0.2) is 25.8 Å². The molecule has 0 fully saturated rings. The van der Waals surface area contributed by atoms with Gasteiger partial charge in [-0.1, -0.05) is 18.2 Å². The number of para-hydroxylation sites is 1. The number of anilines is 1. The summed E-state index contributed by atoms with van der Waals surface area (Å²) < 4.78 is 1.88. The molecule has 0 spiro atoms. The Balaban J connectivity index is 1.93. The maximum absolute atomic E-state index is 4.54. The van der Waals surface area contributed by atoms with Gasteiger partial charge in [-0.15, -0.1) is 0 Å².